The van der Waals surface area contributed by atoms with Gasteiger partial charge in [0.2, 0.25) is 0 Å². The second kappa shape index (κ2) is 13.1. The van der Waals surface area contributed by atoms with Gasteiger partial charge in [0.25, 0.3) is 0 Å². The fourth-order valence-electron chi connectivity index (χ4n) is 12.6. The summed E-state index contributed by atoms with van der Waals surface area (Å²) < 4.78 is 2.59. The average molecular weight is 860 g/mol. The van der Waals surface area contributed by atoms with E-state index in [1.165, 1.54) is 119 Å². The van der Waals surface area contributed by atoms with Crippen LogP contribution in [-0.4, -0.2) is 0 Å². The zero-order valence-electron chi connectivity index (χ0n) is 35.1. The van der Waals surface area contributed by atoms with Gasteiger partial charge in [-0.2, -0.15) is 0 Å². The Morgan fingerprint density at radius 1 is 0.323 bits per heavy atom. The predicted molar refractivity (Wildman–Crippen MR) is 272 cm³/mol. The molecule has 0 unspecified atom stereocenters. The highest BCUT2D eigenvalue weighted by Gasteiger charge is 2.53. The van der Waals surface area contributed by atoms with Gasteiger partial charge in [0.05, 0.1) is 22.2 Å². The molecule has 3 heteroatoms. The lowest BCUT2D eigenvalue weighted by molar-refractivity contribution is 0.722. The fraction of sp³-hybridized carbons (Fsp3) is 0.0323. The Kier molecular flexibility index (Phi) is 7.24. The van der Waals surface area contributed by atoms with Gasteiger partial charge in [-0.05, 0) is 121 Å². The molecule has 0 N–H and O–H groups in total. The van der Waals surface area contributed by atoms with E-state index in [0.29, 0.717) is 0 Å². The minimum absolute atomic E-state index is 0.459. The summed E-state index contributed by atoms with van der Waals surface area (Å²) in [6.07, 6.45) is 0. The van der Waals surface area contributed by atoms with Crippen molar-refractivity contribution in [3.8, 4) is 33.4 Å². The van der Waals surface area contributed by atoms with Crippen LogP contribution in [0.3, 0.4) is 0 Å². The van der Waals surface area contributed by atoms with Crippen molar-refractivity contribution in [3.63, 3.8) is 0 Å². The van der Waals surface area contributed by atoms with E-state index in [4.69, 9.17) is 0 Å². The van der Waals surface area contributed by atoms with Crippen LogP contribution in [0.1, 0.15) is 44.5 Å². The van der Waals surface area contributed by atoms with Crippen molar-refractivity contribution >= 4 is 60.3 Å². The highest BCUT2D eigenvalue weighted by Crippen LogP contribution is 2.66. The number of benzene rings is 10. The molecule has 1 aliphatic heterocycles. The Hall–Kier alpha value is -7.43. The van der Waals surface area contributed by atoms with E-state index in [1.807, 2.05) is 23.1 Å². The van der Waals surface area contributed by atoms with Crippen LogP contribution in [0.4, 0.5) is 17.1 Å². The van der Waals surface area contributed by atoms with Crippen molar-refractivity contribution < 1.29 is 0 Å². The van der Waals surface area contributed by atoms with Crippen LogP contribution in [0.5, 0.6) is 0 Å². The standard InChI is InChI=1S/C62H37NS2/c1-7-23-45-39(17-1)40-18-2-8-24-46(40)61(45)49-27-11-5-21-43(49)59-51(61)29-15-30-53(59)63(54-31-16-34-58-60(54)44-22-6-13-32-55(44)64-58)38-35-36-57-52(37-38)62(50-28-12-14-33-56(50)65-57)47-25-9-3-19-41(47)42-20-4-10-26-48(42)62/h1-37H. The summed E-state index contributed by atoms with van der Waals surface area (Å²) >= 11 is 3.79. The molecule has 65 heavy (non-hydrogen) atoms. The third-order valence-electron chi connectivity index (χ3n) is 15.0. The topological polar surface area (TPSA) is 3.24 Å². The molecule has 2 spiro atoms. The van der Waals surface area contributed by atoms with Gasteiger partial charge in [0, 0.05) is 41.2 Å². The maximum Gasteiger partial charge on any atom is 0.0736 e. The van der Waals surface area contributed by atoms with Crippen molar-refractivity contribution in [1.29, 1.82) is 0 Å². The van der Waals surface area contributed by atoms with Crippen LogP contribution in [0.15, 0.2) is 234 Å². The smallest absolute Gasteiger partial charge is 0.0736 e. The highest BCUT2D eigenvalue weighted by molar-refractivity contribution is 7.99. The summed E-state index contributed by atoms with van der Waals surface area (Å²) in [4.78, 5) is 5.22. The summed E-state index contributed by atoms with van der Waals surface area (Å²) in [5, 5.41) is 2.57. The molecular formula is C62H37NS2. The minimum atomic E-state index is -0.500. The highest BCUT2D eigenvalue weighted by atomic mass is 32.2. The molecule has 2 heterocycles. The number of rotatable bonds is 3. The Balaban J connectivity index is 1.07. The fourth-order valence-corrected chi connectivity index (χ4v) is 14.9. The van der Waals surface area contributed by atoms with Crippen molar-refractivity contribution in [2.45, 2.75) is 20.6 Å². The maximum atomic E-state index is 2.62. The summed E-state index contributed by atoms with van der Waals surface area (Å²) in [5.41, 5.74) is 21.1. The third-order valence-corrected chi connectivity index (χ3v) is 17.2. The molecule has 11 aromatic rings. The van der Waals surface area contributed by atoms with E-state index in [9.17, 15) is 0 Å². The molecule has 0 bridgehead atoms. The zero-order valence-corrected chi connectivity index (χ0v) is 36.8. The maximum absolute atomic E-state index is 2.62. The van der Waals surface area contributed by atoms with Crippen LogP contribution in [0, 0.1) is 0 Å². The van der Waals surface area contributed by atoms with Crippen molar-refractivity contribution in [2.75, 3.05) is 4.90 Å². The zero-order chi connectivity index (χ0) is 42.4. The van der Waals surface area contributed by atoms with Crippen LogP contribution in [-0.2, 0) is 10.8 Å². The number of hydrogen-bond acceptors (Lipinski definition) is 3. The van der Waals surface area contributed by atoms with Gasteiger partial charge < -0.3 is 4.90 Å². The predicted octanol–water partition coefficient (Wildman–Crippen LogP) is 16.7. The van der Waals surface area contributed by atoms with E-state index in [0.717, 1.165) is 5.69 Å². The lowest BCUT2D eigenvalue weighted by atomic mass is 9.67. The molecule has 1 nitrogen and oxygen atoms in total. The SMILES string of the molecule is c1ccc2c(c1)Sc1ccc(N(c3cccc4c3-c3ccccc3C43c4ccccc4-c4ccccc43)c3cccc4sc5ccccc5c34)cc1C21c2ccccc2-c2ccccc21. The molecule has 0 fully saturated rings. The molecule has 0 radical (unpaired) electrons. The van der Waals surface area contributed by atoms with Crippen molar-refractivity contribution in [1.82, 2.24) is 0 Å². The normalized spacial score (nSPS) is 14.6. The van der Waals surface area contributed by atoms with Gasteiger partial charge in [-0.25, -0.2) is 0 Å². The second-order valence-corrected chi connectivity index (χ2v) is 20.0. The molecule has 0 atom stereocenters. The van der Waals surface area contributed by atoms with E-state index < -0.39 is 10.8 Å². The first kappa shape index (κ1) is 36.0. The molecule has 0 amide bonds. The molecule has 1 aromatic heterocycles. The number of hydrogen-bond donors (Lipinski definition) is 0. The van der Waals surface area contributed by atoms with Crippen molar-refractivity contribution in [2.24, 2.45) is 0 Å². The Morgan fingerprint density at radius 2 is 0.785 bits per heavy atom. The first-order chi connectivity index (χ1) is 32.3. The van der Waals surface area contributed by atoms with Gasteiger partial charge in [0.1, 0.15) is 0 Å². The molecule has 10 aromatic carbocycles. The Bertz CT molecular complexity index is 3760. The number of anilines is 3. The first-order valence-electron chi connectivity index (χ1n) is 22.5. The van der Waals surface area contributed by atoms with Crippen LogP contribution < -0.4 is 4.90 Å². The van der Waals surface area contributed by atoms with E-state index >= 15 is 0 Å². The summed E-state index contributed by atoms with van der Waals surface area (Å²) in [5.74, 6) is 0. The van der Waals surface area contributed by atoms with Crippen LogP contribution >= 0.6 is 23.1 Å². The summed E-state index contributed by atoms with van der Waals surface area (Å²) in [6, 6.07) is 85.2. The van der Waals surface area contributed by atoms with E-state index in [2.05, 4.69) is 229 Å². The van der Waals surface area contributed by atoms with Gasteiger partial charge in [-0.1, -0.05) is 188 Å². The average Bonchev–Trinajstić information content (AvgIpc) is 4.08. The molecule has 0 saturated heterocycles. The van der Waals surface area contributed by atoms with Crippen LogP contribution in [0.2, 0.25) is 0 Å². The number of nitrogens with zero attached hydrogens (tertiary/aromatic N) is 1. The lowest BCUT2D eigenvalue weighted by Gasteiger charge is -2.40. The molecule has 0 saturated carbocycles. The van der Waals surface area contributed by atoms with Gasteiger partial charge in [-0.15, -0.1) is 11.3 Å². The Labute approximate surface area is 385 Å². The third kappa shape index (κ3) is 4.45. The number of fused-ring (bicyclic) bond motifs is 22. The molecule has 4 aliphatic rings. The molecule has 15 rings (SSSR count). The largest absolute Gasteiger partial charge is 0.309 e. The molecule has 3 aliphatic carbocycles. The second-order valence-electron chi connectivity index (χ2n) is 17.8. The monoisotopic (exact) mass is 859 g/mol. The first-order valence-corrected chi connectivity index (χ1v) is 24.1. The van der Waals surface area contributed by atoms with E-state index in [1.54, 1.807) is 0 Å². The minimum Gasteiger partial charge on any atom is -0.309 e. The van der Waals surface area contributed by atoms with Gasteiger partial charge in [0.15, 0.2) is 0 Å². The van der Waals surface area contributed by atoms with Gasteiger partial charge in [-0.3, -0.25) is 0 Å². The van der Waals surface area contributed by atoms with Crippen LogP contribution in [0.25, 0.3) is 53.6 Å². The Morgan fingerprint density at radius 3 is 1.45 bits per heavy atom. The van der Waals surface area contributed by atoms with Crippen molar-refractivity contribution in [3.05, 3.63) is 269 Å². The summed E-state index contributed by atoms with van der Waals surface area (Å²) in [7, 11) is 0. The summed E-state index contributed by atoms with van der Waals surface area (Å²) in [6.45, 7) is 0. The molecule has 302 valence electrons. The lowest BCUT2D eigenvalue weighted by Crippen LogP contribution is -2.32. The quantitative estimate of drug-likeness (QED) is 0.174. The van der Waals surface area contributed by atoms with E-state index in [-0.39, 0.29) is 0 Å². The number of thiophene rings is 1. The molecular weight excluding hydrogens is 823 g/mol. The van der Waals surface area contributed by atoms with Gasteiger partial charge >= 0.3 is 0 Å².